The molecule has 7 heteroatoms. The van der Waals surface area contributed by atoms with Crippen LogP contribution in [0.1, 0.15) is 11.4 Å². The Morgan fingerprint density at radius 1 is 1.29 bits per heavy atom. The van der Waals surface area contributed by atoms with Crippen LogP contribution in [0.2, 0.25) is 0 Å². The Labute approximate surface area is 157 Å². The van der Waals surface area contributed by atoms with E-state index in [1.54, 1.807) is 0 Å². The van der Waals surface area contributed by atoms with Crippen LogP contribution in [0, 0.1) is 0 Å². The van der Waals surface area contributed by atoms with Crippen LogP contribution in [0.4, 0.5) is 0 Å². The summed E-state index contributed by atoms with van der Waals surface area (Å²) in [5.74, 6) is 1.19. The highest BCUT2D eigenvalue weighted by Gasteiger charge is 2.19. The molecule has 1 aromatic heterocycles. The van der Waals surface area contributed by atoms with E-state index in [2.05, 4.69) is 45.6 Å². The third-order valence-electron chi connectivity index (χ3n) is 4.16. The van der Waals surface area contributed by atoms with Crippen molar-refractivity contribution in [2.75, 3.05) is 44.7 Å². The second-order valence-corrected chi connectivity index (χ2v) is 8.40. The topological polar surface area (TPSA) is 31.4 Å². The molecule has 130 valence electrons. The van der Waals surface area contributed by atoms with Gasteiger partial charge in [-0.2, -0.15) is 11.8 Å². The second kappa shape index (κ2) is 8.99. The molecule has 0 radical (unpaired) electrons. The number of hydrogen-bond donors (Lipinski definition) is 1. The van der Waals surface area contributed by atoms with Crippen LogP contribution in [0.5, 0.6) is 0 Å². The maximum atomic E-state index is 5.51. The number of aromatic nitrogens is 1. The fourth-order valence-corrected chi connectivity index (χ4v) is 4.54. The summed E-state index contributed by atoms with van der Waals surface area (Å²) in [4.78, 5) is 9.51. The summed E-state index contributed by atoms with van der Waals surface area (Å²) < 4.78 is 1.28. The normalized spacial score (nSPS) is 15.8. The van der Waals surface area contributed by atoms with Gasteiger partial charge in [0.25, 0.3) is 0 Å². The first-order valence-corrected chi connectivity index (χ1v) is 11.0. The Morgan fingerprint density at radius 2 is 2.08 bits per heavy atom. The van der Waals surface area contributed by atoms with Crippen molar-refractivity contribution in [2.24, 2.45) is 0 Å². The molecule has 0 saturated carbocycles. The predicted octanol–water partition coefficient (Wildman–Crippen LogP) is 3.04. The van der Waals surface area contributed by atoms with Crippen molar-refractivity contribution in [1.82, 2.24) is 20.1 Å². The number of nitrogens with zero attached hydrogens (tertiary/aromatic N) is 3. The van der Waals surface area contributed by atoms with Gasteiger partial charge in [-0.15, -0.1) is 11.3 Å². The molecular formula is C17H24N4S3. The van der Waals surface area contributed by atoms with E-state index in [4.69, 9.17) is 17.2 Å². The molecule has 0 atom stereocenters. The summed E-state index contributed by atoms with van der Waals surface area (Å²) in [5.41, 5.74) is 1.12. The number of benzene rings is 1. The standard InChI is InChI=1S/C17H24N4S3/c1-23-12-4-7-18-17(22)21-10-8-20(9-11-21)13-16-19-14-5-2-3-6-15(14)24-16/h2-3,5-6H,4,7-13H2,1H3,(H,18,22). The van der Waals surface area contributed by atoms with Gasteiger partial charge < -0.3 is 10.2 Å². The number of rotatable bonds is 6. The van der Waals surface area contributed by atoms with Crippen LogP contribution in [0.25, 0.3) is 10.2 Å². The summed E-state index contributed by atoms with van der Waals surface area (Å²) in [6.07, 6.45) is 3.31. The first-order valence-electron chi connectivity index (χ1n) is 8.35. The van der Waals surface area contributed by atoms with Crippen molar-refractivity contribution in [1.29, 1.82) is 0 Å². The van der Waals surface area contributed by atoms with Gasteiger partial charge in [0.2, 0.25) is 0 Å². The average Bonchev–Trinajstić information content (AvgIpc) is 3.01. The van der Waals surface area contributed by atoms with Crippen LogP contribution in [-0.4, -0.2) is 64.6 Å². The molecule has 1 aliphatic heterocycles. The molecule has 0 bridgehead atoms. The lowest BCUT2D eigenvalue weighted by Crippen LogP contribution is -2.51. The summed E-state index contributed by atoms with van der Waals surface area (Å²) >= 11 is 9.20. The second-order valence-electron chi connectivity index (χ2n) is 5.92. The number of para-hydroxylation sites is 1. The summed E-state index contributed by atoms with van der Waals surface area (Å²) in [7, 11) is 0. The molecular weight excluding hydrogens is 356 g/mol. The lowest BCUT2D eigenvalue weighted by molar-refractivity contribution is 0.174. The number of nitrogens with one attached hydrogen (secondary N) is 1. The van der Waals surface area contributed by atoms with Gasteiger partial charge in [-0.25, -0.2) is 4.98 Å². The molecule has 3 rings (SSSR count). The highest BCUT2D eigenvalue weighted by molar-refractivity contribution is 7.98. The van der Waals surface area contributed by atoms with Gasteiger partial charge >= 0.3 is 0 Å². The quantitative estimate of drug-likeness (QED) is 0.612. The third-order valence-corrected chi connectivity index (χ3v) is 6.28. The van der Waals surface area contributed by atoms with Crippen LogP contribution in [0.3, 0.4) is 0 Å². The third kappa shape index (κ3) is 4.81. The maximum absolute atomic E-state index is 5.51. The average molecular weight is 381 g/mol. The Balaban J connectivity index is 1.44. The van der Waals surface area contributed by atoms with Crippen LogP contribution in [-0.2, 0) is 6.54 Å². The van der Waals surface area contributed by atoms with Crippen LogP contribution >= 0.6 is 35.3 Å². The minimum Gasteiger partial charge on any atom is -0.363 e. The highest BCUT2D eigenvalue weighted by Crippen LogP contribution is 2.22. The first-order chi connectivity index (χ1) is 11.8. The highest BCUT2D eigenvalue weighted by atomic mass is 32.2. The van der Waals surface area contributed by atoms with Crippen molar-refractivity contribution in [2.45, 2.75) is 13.0 Å². The van der Waals surface area contributed by atoms with E-state index in [-0.39, 0.29) is 0 Å². The number of thiocarbonyl (C=S) groups is 1. The van der Waals surface area contributed by atoms with Gasteiger partial charge in [-0.1, -0.05) is 12.1 Å². The van der Waals surface area contributed by atoms with E-state index in [1.165, 1.54) is 21.9 Å². The van der Waals surface area contributed by atoms with E-state index in [0.717, 1.165) is 49.9 Å². The minimum absolute atomic E-state index is 0.913. The van der Waals surface area contributed by atoms with Gasteiger partial charge in [0.15, 0.2) is 5.11 Å². The zero-order chi connectivity index (χ0) is 16.8. The summed E-state index contributed by atoms with van der Waals surface area (Å²) in [6, 6.07) is 8.37. The zero-order valence-electron chi connectivity index (χ0n) is 14.0. The molecule has 0 aliphatic carbocycles. The molecule has 0 spiro atoms. The molecule has 1 aliphatic rings. The zero-order valence-corrected chi connectivity index (χ0v) is 16.5. The Hall–Kier alpha value is -0.890. The molecule has 4 nitrogen and oxygen atoms in total. The maximum Gasteiger partial charge on any atom is 0.169 e. The van der Waals surface area contributed by atoms with E-state index in [1.807, 2.05) is 23.1 Å². The fraction of sp³-hybridized carbons (Fsp3) is 0.529. The van der Waals surface area contributed by atoms with E-state index < -0.39 is 0 Å². The number of hydrogen-bond acceptors (Lipinski definition) is 5. The SMILES string of the molecule is CSCCCNC(=S)N1CCN(Cc2nc3ccccc3s2)CC1. The lowest BCUT2D eigenvalue weighted by atomic mass is 10.3. The van der Waals surface area contributed by atoms with Crippen molar-refractivity contribution in [3.8, 4) is 0 Å². The largest absolute Gasteiger partial charge is 0.363 e. The summed E-state index contributed by atoms with van der Waals surface area (Å²) in [5, 5.41) is 5.51. The molecule has 2 aromatic rings. The van der Waals surface area contributed by atoms with E-state index in [9.17, 15) is 0 Å². The van der Waals surface area contributed by atoms with Crippen LogP contribution in [0.15, 0.2) is 24.3 Å². The number of thiazole rings is 1. The smallest absolute Gasteiger partial charge is 0.169 e. The monoisotopic (exact) mass is 380 g/mol. The molecule has 1 saturated heterocycles. The Bertz CT molecular complexity index is 632. The summed E-state index contributed by atoms with van der Waals surface area (Å²) in [6.45, 7) is 6.01. The molecule has 24 heavy (non-hydrogen) atoms. The van der Waals surface area contributed by atoms with Crippen molar-refractivity contribution in [3.05, 3.63) is 29.3 Å². The van der Waals surface area contributed by atoms with E-state index >= 15 is 0 Å². The first kappa shape index (κ1) is 17.9. The molecule has 0 amide bonds. The fourth-order valence-electron chi connectivity index (χ4n) is 2.81. The van der Waals surface area contributed by atoms with E-state index in [0.29, 0.717) is 0 Å². The Morgan fingerprint density at radius 3 is 2.83 bits per heavy atom. The number of fused-ring (bicyclic) bond motifs is 1. The van der Waals surface area contributed by atoms with Gasteiger partial charge in [-0.05, 0) is 42.8 Å². The number of thioether (sulfide) groups is 1. The van der Waals surface area contributed by atoms with Gasteiger partial charge in [-0.3, -0.25) is 4.90 Å². The van der Waals surface area contributed by atoms with Crippen molar-refractivity contribution < 1.29 is 0 Å². The predicted molar refractivity (Wildman–Crippen MR) is 110 cm³/mol. The molecule has 1 aromatic carbocycles. The molecule has 1 fully saturated rings. The van der Waals surface area contributed by atoms with Crippen molar-refractivity contribution in [3.63, 3.8) is 0 Å². The minimum atomic E-state index is 0.913. The van der Waals surface area contributed by atoms with Crippen LogP contribution < -0.4 is 5.32 Å². The van der Waals surface area contributed by atoms with Gasteiger partial charge in [0, 0.05) is 32.7 Å². The number of piperazine rings is 1. The van der Waals surface area contributed by atoms with Gasteiger partial charge in [0.05, 0.1) is 16.8 Å². The van der Waals surface area contributed by atoms with Gasteiger partial charge in [0.1, 0.15) is 5.01 Å². The lowest BCUT2D eigenvalue weighted by Gasteiger charge is -2.35. The Kier molecular flexibility index (Phi) is 6.71. The molecule has 0 unspecified atom stereocenters. The van der Waals surface area contributed by atoms with Crippen molar-refractivity contribution >= 4 is 50.6 Å². The molecule has 2 heterocycles. The molecule has 1 N–H and O–H groups in total.